The van der Waals surface area contributed by atoms with Crippen LogP contribution in [-0.4, -0.2) is 79.4 Å². The minimum absolute atomic E-state index is 0.256. The highest BCUT2D eigenvalue weighted by Gasteiger charge is 2.14. The normalized spacial score (nSPS) is 14.6. The number of hydrogen-bond acceptors (Lipinski definition) is 16. The topological polar surface area (TPSA) is 231 Å². The highest BCUT2D eigenvalue weighted by atomic mass is 35.5. The number of aromatic nitrogens is 8. The third-order valence-electron chi connectivity index (χ3n) is 6.93. The Morgan fingerprint density at radius 1 is 0.660 bits per heavy atom. The van der Waals surface area contributed by atoms with Gasteiger partial charge in [0.15, 0.2) is 11.4 Å². The van der Waals surface area contributed by atoms with Gasteiger partial charge in [0, 0.05) is 45.1 Å². The van der Waals surface area contributed by atoms with Gasteiger partial charge in [-0.25, -0.2) is 39.9 Å². The summed E-state index contributed by atoms with van der Waals surface area (Å²) in [6, 6.07) is 7.18. The van der Waals surface area contributed by atoms with Crippen molar-refractivity contribution in [3.63, 3.8) is 0 Å². The van der Waals surface area contributed by atoms with Gasteiger partial charge >= 0.3 is 0 Å². The molecule has 0 aromatic carbocycles. The van der Waals surface area contributed by atoms with E-state index in [4.69, 9.17) is 37.3 Å². The summed E-state index contributed by atoms with van der Waals surface area (Å²) in [6.45, 7) is 5.21. The van der Waals surface area contributed by atoms with Crippen LogP contribution in [0.5, 0.6) is 0 Å². The van der Waals surface area contributed by atoms with Crippen LogP contribution in [0.1, 0.15) is 37.1 Å². The number of nitrogens with one attached hydrogen (secondary N) is 3. The summed E-state index contributed by atoms with van der Waals surface area (Å²) in [5.41, 5.74) is 5.98. The number of hydrogen-bond donors (Lipinski definition) is 4. The SMILES string of the molecule is N#Cc1cnc(Nc2cc(Cl)ncn2)cn1.N#Cc1cnc(Nc2cc(NCC3CCOCC3)ncn2)cn1.NCC1CCOCC1. The van der Waals surface area contributed by atoms with Gasteiger partial charge in [-0.05, 0) is 44.1 Å². The molecule has 17 heteroatoms. The highest BCUT2D eigenvalue weighted by molar-refractivity contribution is 6.29. The van der Waals surface area contributed by atoms with Crippen molar-refractivity contribution in [2.45, 2.75) is 25.7 Å². The predicted octanol–water partition coefficient (Wildman–Crippen LogP) is 3.63. The summed E-state index contributed by atoms with van der Waals surface area (Å²) in [4.78, 5) is 31.9. The van der Waals surface area contributed by atoms with Crippen LogP contribution >= 0.6 is 11.6 Å². The molecule has 0 radical (unpaired) electrons. The van der Waals surface area contributed by atoms with Crippen LogP contribution in [0.15, 0.2) is 49.6 Å². The van der Waals surface area contributed by atoms with E-state index in [1.54, 1.807) is 6.07 Å². The molecule has 0 amide bonds. The predicted molar refractivity (Wildman–Crippen MR) is 174 cm³/mol. The van der Waals surface area contributed by atoms with Crippen molar-refractivity contribution >= 4 is 40.7 Å². The van der Waals surface area contributed by atoms with Gasteiger partial charge in [0.05, 0.1) is 24.8 Å². The minimum Gasteiger partial charge on any atom is -0.381 e. The summed E-state index contributed by atoms with van der Waals surface area (Å²) in [7, 11) is 0. The summed E-state index contributed by atoms with van der Waals surface area (Å²) in [6.07, 6.45) is 13.0. The molecule has 6 rings (SSSR count). The number of rotatable bonds is 8. The molecule has 244 valence electrons. The fourth-order valence-corrected chi connectivity index (χ4v) is 4.42. The third kappa shape index (κ3) is 12.6. The van der Waals surface area contributed by atoms with Crippen LogP contribution in [0.2, 0.25) is 5.15 Å². The first-order chi connectivity index (χ1) is 23.0. The van der Waals surface area contributed by atoms with E-state index in [9.17, 15) is 0 Å². The van der Waals surface area contributed by atoms with Gasteiger partial charge < -0.3 is 31.2 Å². The molecule has 2 saturated heterocycles. The molecule has 0 saturated carbocycles. The maximum absolute atomic E-state index is 8.71. The zero-order valence-electron chi connectivity index (χ0n) is 25.6. The maximum atomic E-state index is 8.71. The molecule has 47 heavy (non-hydrogen) atoms. The lowest BCUT2D eigenvalue weighted by atomic mass is 10.0. The van der Waals surface area contributed by atoms with E-state index < -0.39 is 0 Å². The van der Waals surface area contributed by atoms with Crippen LogP contribution in [0.3, 0.4) is 0 Å². The number of nitrogens with zero attached hydrogens (tertiary/aromatic N) is 10. The molecule has 0 atom stereocenters. The van der Waals surface area contributed by atoms with Crippen molar-refractivity contribution in [3.05, 3.63) is 66.1 Å². The third-order valence-corrected chi connectivity index (χ3v) is 7.14. The van der Waals surface area contributed by atoms with E-state index in [0.717, 1.165) is 76.9 Å². The quantitative estimate of drug-likeness (QED) is 0.198. The van der Waals surface area contributed by atoms with E-state index in [1.165, 1.54) is 37.4 Å². The van der Waals surface area contributed by atoms with E-state index in [1.807, 2.05) is 18.2 Å². The second-order valence-corrected chi connectivity index (χ2v) is 10.7. The highest BCUT2D eigenvalue weighted by Crippen LogP contribution is 2.18. The molecule has 16 nitrogen and oxygen atoms in total. The van der Waals surface area contributed by atoms with E-state index in [0.29, 0.717) is 34.3 Å². The average Bonchev–Trinajstić information content (AvgIpc) is 3.13. The van der Waals surface area contributed by atoms with E-state index in [-0.39, 0.29) is 11.4 Å². The monoisotopic (exact) mass is 658 g/mol. The molecule has 2 fully saturated rings. The molecule has 2 aliphatic rings. The molecule has 4 aromatic rings. The van der Waals surface area contributed by atoms with Gasteiger partial charge in [0.25, 0.3) is 0 Å². The Hall–Kier alpha value is -5.13. The lowest BCUT2D eigenvalue weighted by Gasteiger charge is -2.22. The Morgan fingerprint density at radius 3 is 1.64 bits per heavy atom. The average molecular weight is 659 g/mol. The van der Waals surface area contributed by atoms with Crippen molar-refractivity contribution in [2.75, 3.05) is 55.5 Å². The summed E-state index contributed by atoms with van der Waals surface area (Å²) >= 11 is 5.69. The van der Waals surface area contributed by atoms with Gasteiger partial charge in [-0.15, -0.1) is 0 Å². The van der Waals surface area contributed by atoms with Crippen molar-refractivity contribution in [2.24, 2.45) is 17.6 Å². The molecule has 0 unspecified atom stereocenters. The standard InChI is InChI=1S/C15H17N7O.C9H5ClN6.C6H13NO/c16-6-12-8-19-15(9-17-12)22-14-5-13(20-10-21-14)18-7-11-1-3-23-4-2-11;10-7-1-8(15-5-14-7)16-9-4-12-6(2-11)3-13-9;7-5-6-1-3-8-4-2-6/h5,8-11H,1-4,7H2,(H2,18,19,20,21,22);1,3-5H,(H,13,14,15,16);6H,1-5,7H2. The fraction of sp³-hybridized carbons (Fsp3) is 0.400. The second-order valence-electron chi connectivity index (χ2n) is 10.3. The molecular weight excluding hydrogens is 624 g/mol. The summed E-state index contributed by atoms with van der Waals surface area (Å²) in [5.74, 6) is 4.25. The first-order valence-electron chi connectivity index (χ1n) is 14.9. The lowest BCUT2D eigenvalue weighted by molar-refractivity contribution is 0.0688. The van der Waals surface area contributed by atoms with Crippen LogP contribution in [0.4, 0.5) is 29.1 Å². The Labute approximate surface area is 277 Å². The lowest BCUT2D eigenvalue weighted by Crippen LogP contribution is -2.22. The largest absolute Gasteiger partial charge is 0.381 e. The molecule has 4 aromatic heterocycles. The van der Waals surface area contributed by atoms with Crippen molar-refractivity contribution in [3.8, 4) is 12.1 Å². The molecule has 2 aliphatic heterocycles. The summed E-state index contributed by atoms with van der Waals surface area (Å²) < 4.78 is 10.5. The molecule has 0 spiro atoms. The molecule has 6 heterocycles. The zero-order chi connectivity index (χ0) is 33.1. The number of ether oxygens (including phenoxy) is 2. The number of nitriles is 2. The van der Waals surface area contributed by atoms with E-state index in [2.05, 4.69) is 55.8 Å². The van der Waals surface area contributed by atoms with Crippen molar-refractivity contribution < 1.29 is 9.47 Å². The van der Waals surface area contributed by atoms with Gasteiger partial charge in [-0.2, -0.15) is 10.5 Å². The molecule has 0 aliphatic carbocycles. The Balaban J connectivity index is 0.000000180. The second kappa shape index (κ2) is 19.4. The maximum Gasteiger partial charge on any atom is 0.158 e. The number of anilines is 5. The molecule has 5 N–H and O–H groups in total. The Morgan fingerprint density at radius 2 is 1.17 bits per heavy atom. The van der Waals surface area contributed by atoms with Gasteiger partial charge in [-0.3, -0.25) is 0 Å². The van der Waals surface area contributed by atoms with Crippen LogP contribution in [0, 0.1) is 34.5 Å². The van der Waals surface area contributed by atoms with Gasteiger partial charge in [-0.1, -0.05) is 11.6 Å². The number of halogens is 1. The Bertz CT molecular complexity index is 1590. The Kier molecular flexibility index (Phi) is 14.3. The first-order valence-corrected chi connectivity index (χ1v) is 15.3. The van der Waals surface area contributed by atoms with Gasteiger partial charge in [0.1, 0.15) is 59.0 Å². The van der Waals surface area contributed by atoms with Gasteiger partial charge in [0.2, 0.25) is 0 Å². The minimum atomic E-state index is 0.256. The smallest absolute Gasteiger partial charge is 0.158 e. The van der Waals surface area contributed by atoms with Crippen LogP contribution < -0.4 is 21.7 Å². The van der Waals surface area contributed by atoms with Crippen LogP contribution in [0.25, 0.3) is 0 Å². The van der Waals surface area contributed by atoms with Crippen LogP contribution in [-0.2, 0) is 9.47 Å². The molecule has 0 bridgehead atoms. The van der Waals surface area contributed by atoms with Crippen molar-refractivity contribution in [1.29, 1.82) is 10.5 Å². The van der Waals surface area contributed by atoms with E-state index >= 15 is 0 Å². The zero-order valence-corrected chi connectivity index (χ0v) is 26.3. The van der Waals surface area contributed by atoms with Crippen molar-refractivity contribution in [1.82, 2.24) is 39.9 Å². The molecular formula is C30H35ClN14O2. The summed E-state index contributed by atoms with van der Waals surface area (Å²) in [5, 5.41) is 26.8. The number of nitrogens with two attached hydrogens (primary N) is 1. The fourth-order valence-electron chi connectivity index (χ4n) is 4.27. The first kappa shape index (κ1) is 34.7.